The Bertz CT molecular complexity index is 252. The van der Waals surface area contributed by atoms with E-state index >= 15 is 0 Å². The fourth-order valence-corrected chi connectivity index (χ4v) is 0.513. The van der Waals surface area contributed by atoms with Crippen LogP contribution < -0.4 is 0 Å². The molecule has 0 aliphatic heterocycles. The first-order valence-corrected chi connectivity index (χ1v) is 2.44. The van der Waals surface area contributed by atoms with E-state index in [9.17, 15) is 0 Å². The van der Waals surface area contributed by atoms with Gasteiger partial charge in [0.15, 0.2) is 0 Å². The van der Waals surface area contributed by atoms with Gasteiger partial charge < -0.3 is 0 Å². The third kappa shape index (κ3) is 1.59. The molecule has 2 rings (SSSR count). The SMILES string of the molecule is [Na].n1nc(-c2nn[nH]n2)n[nH]1. The third-order valence-corrected chi connectivity index (χ3v) is 0.891. The second-order valence-electron chi connectivity index (χ2n) is 1.47. The van der Waals surface area contributed by atoms with E-state index in [2.05, 4.69) is 41.2 Å². The molecule has 11 heavy (non-hydrogen) atoms. The van der Waals surface area contributed by atoms with Crippen LogP contribution in [0.25, 0.3) is 11.6 Å². The maximum Gasteiger partial charge on any atom is 0.245 e. The zero-order chi connectivity index (χ0) is 6.81. The minimum atomic E-state index is 0. The number of nitrogens with zero attached hydrogens (tertiary/aromatic N) is 6. The van der Waals surface area contributed by atoms with Crippen LogP contribution in [0.2, 0.25) is 0 Å². The topological polar surface area (TPSA) is 109 Å². The average Bonchev–Trinajstić information content (AvgIpc) is 2.59. The van der Waals surface area contributed by atoms with Crippen molar-refractivity contribution >= 4 is 29.6 Å². The van der Waals surface area contributed by atoms with Crippen molar-refractivity contribution in [2.75, 3.05) is 0 Å². The van der Waals surface area contributed by atoms with Gasteiger partial charge in [-0.2, -0.15) is 10.4 Å². The van der Waals surface area contributed by atoms with Gasteiger partial charge in [0.05, 0.1) is 0 Å². The van der Waals surface area contributed by atoms with Crippen LogP contribution in [0.3, 0.4) is 0 Å². The van der Waals surface area contributed by atoms with Crippen molar-refractivity contribution in [1.29, 1.82) is 0 Å². The van der Waals surface area contributed by atoms with Gasteiger partial charge in [-0.15, -0.1) is 20.4 Å². The summed E-state index contributed by atoms with van der Waals surface area (Å²) in [6.07, 6.45) is 0. The van der Waals surface area contributed by atoms with Crippen LogP contribution in [0, 0.1) is 0 Å². The number of H-pyrrole nitrogens is 2. The molecule has 2 N–H and O–H groups in total. The first kappa shape index (κ1) is 8.24. The Kier molecular flexibility index (Phi) is 2.63. The van der Waals surface area contributed by atoms with E-state index < -0.39 is 0 Å². The van der Waals surface area contributed by atoms with Crippen molar-refractivity contribution in [1.82, 2.24) is 41.2 Å². The van der Waals surface area contributed by atoms with Gasteiger partial charge in [-0.3, -0.25) is 0 Å². The van der Waals surface area contributed by atoms with E-state index in [-0.39, 0.29) is 29.6 Å². The van der Waals surface area contributed by atoms with Gasteiger partial charge in [0, 0.05) is 29.6 Å². The van der Waals surface area contributed by atoms with Gasteiger partial charge >= 0.3 is 0 Å². The number of rotatable bonds is 1. The second kappa shape index (κ2) is 3.51. The minimum absolute atomic E-state index is 0. The smallest absolute Gasteiger partial charge is 0.177 e. The molecule has 9 heteroatoms. The molecule has 2 heterocycles. The summed E-state index contributed by atoms with van der Waals surface area (Å²) in [5.41, 5.74) is 0. The van der Waals surface area contributed by atoms with Crippen molar-refractivity contribution in [3.8, 4) is 11.6 Å². The minimum Gasteiger partial charge on any atom is -0.177 e. The fraction of sp³-hybridized carbons (Fsp3) is 0. The molecule has 51 valence electrons. The van der Waals surface area contributed by atoms with Crippen LogP contribution in [0.1, 0.15) is 0 Å². The van der Waals surface area contributed by atoms with Crippen molar-refractivity contribution < 1.29 is 0 Å². The standard InChI is InChI=1S/C2H2N8.Na/c3-1(4-8-7-3)2-5-9-10-6-2;/h(H,3,4,7,8)(H,5,6,9,10);. The van der Waals surface area contributed by atoms with Gasteiger partial charge in [0.1, 0.15) is 0 Å². The van der Waals surface area contributed by atoms with Crippen molar-refractivity contribution in [3.05, 3.63) is 0 Å². The summed E-state index contributed by atoms with van der Waals surface area (Å²) in [5, 5.41) is 25.7. The van der Waals surface area contributed by atoms with Gasteiger partial charge in [0.25, 0.3) is 0 Å². The number of nitrogens with one attached hydrogen (secondary N) is 2. The largest absolute Gasteiger partial charge is 0.245 e. The van der Waals surface area contributed by atoms with E-state index in [1.807, 2.05) is 0 Å². The Labute approximate surface area is 82.4 Å². The Morgan fingerprint density at radius 1 is 0.818 bits per heavy atom. The molecule has 0 unspecified atom stereocenters. The molecular weight excluding hydrogens is 159 g/mol. The molecule has 0 saturated carbocycles. The molecule has 8 nitrogen and oxygen atoms in total. The monoisotopic (exact) mass is 161 g/mol. The molecular formula is C2H2N8Na. The molecule has 0 aromatic carbocycles. The number of aromatic nitrogens is 8. The second-order valence-corrected chi connectivity index (χ2v) is 1.47. The van der Waals surface area contributed by atoms with Crippen molar-refractivity contribution in [2.45, 2.75) is 0 Å². The van der Waals surface area contributed by atoms with Gasteiger partial charge in [-0.25, -0.2) is 0 Å². The van der Waals surface area contributed by atoms with Crippen molar-refractivity contribution in [2.24, 2.45) is 0 Å². The van der Waals surface area contributed by atoms with Crippen LogP contribution >= 0.6 is 0 Å². The Morgan fingerprint density at radius 3 is 1.55 bits per heavy atom. The van der Waals surface area contributed by atoms with E-state index in [0.29, 0.717) is 11.6 Å². The summed E-state index contributed by atoms with van der Waals surface area (Å²) in [4.78, 5) is 0. The molecule has 0 aliphatic rings. The quantitative estimate of drug-likeness (QED) is 0.468. The summed E-state index contributed by atoms with van der Waals surface area (Å²) >= 11 is 0. The van der Waals surface area contributed by atoms with Crippen LogP contribution in [-0.4, -0.2) is 70.8 Å². The molecule has 2 aromatic heterocycles. The van der Waals surface area contributed by atoms with Crippen LogP contribution in [0.4, 0.5) is 0 Å². The summed E-state index contributed by atoms with van der Waals surface area (Å²) in [6, 6.07) is 0. The molecule has 0 spiro atoms. The first-order valence-electron chi connectivity index (χ1n) is 2.44. The maximum atomic E-state index is 3.63. The van der Waals surface area contributed by atoms with E-state index in [1.165, 1.54) is 0 Å². The first-order chi connectivity index (χ1) is 4.97. The summed E-state index contributed by atoms with van der Waals surface area (Å²) in [7, 11) is 0. The molecule has 0 bridgehead atoms. The fourth-order valence-electron chi connectivity index (χ4n) is 0.513. The van der Waals surface area contributed by atoms with Gasteiger partial charge in [-0.05, 0) is 10.4 Å². The molecule has 1 radical (unpaired) electrons. The Balaban J connectivity index is 0.000000605. The summed E-state index contributed by atoms with van der Waals surface area (Å²) < 4.78 is 0. The number of aromatic amines is 2. The maximum absolute atomic E-state index is 3.63. The molecule has 0 amide bonds. The Morgan fingerprint density at radius 2 is 1.27 bits per heavy atom. The number of tetrazole rings is 2. The molecule has 0 aliphatic carbocycles. The number of hydrogen-bond donors (Lipinski definition) is 2. The summed E-state index contributed by atoms with van der Waals surface area (Å²) in [6.45, 7) is 0. The molecule has 0 fully saturated rings. The van der Waals surface area contributed by atoms with Crippen LogP contribution in [0.5, 0.6) is 0 Å². The van der Waals surface area contributed by atoms with Crippen LogP contribution in [0.15, 0.2) is 0 Å². The van der Waals surface area contributed by atoms with E-state index in [0.717, 1.165) is 0 Å². The van der Waals surface area contributed by atoms with Crippen LogP contribution in [-0.2, 0) is 0 Å². The molecule has 0 saturated heterocycles. The third-order valence-electron chi connectivity index (χ3n) is 0.891. The average molecular weight is 161 g/mol. The van der Waals surface area contributed by atoms with E-state index in [4.69, 9.17) is 0 Å². The predicted octanol–water partition coefficient (Wildman–Crippen LogP) is -2.00. The molecule has 2 aromatic rings. The van der Waals surface area contributed by atoms with Crippen molar-refractivity contribution in [3.63, 3.8) is 0 Å². The Hall–Kier alpha value is -0.860. The zero-order valence-corrected chi connectivity index (χ0v) is 7.68. The number of hydrogen-bond acceptors (Lipinski definition) is 6. The predicted molar refractivity (Wildman–Crippen MR) is 33.1 cm³/mol. The zero-order valence-electron chi connectivity index (χ0n) is 5.68. The molecule has 0 atom stereocenters. The van der Waals surface area contributed by atoms with E-state index in [1.54, 1.807) is 0 Å². The summed E-state index contributed by atoms with van der Waals surface area (Å²) in [5.74, 6) is 0.655. The van der Waals surface area contributed by atoms with Gasteiger partial charge in [-0.1, -0.05) is 0 Å². The van der Waals surface area contributed by atoms with Gasteiger partial charge in [0.2, 0.25) is 11.6 Å². The normalized spacial score (nSPS) is 9.09.